The summed E-state index contributed by atoms with van der Waals surface area (Å²) in [4.78, 5) is 14.4. The fourth-order valence-corrected chi connectivity index (χ4v) is 4.52. The van der Waals surface area contributed by atoms with Gasteiger partial charge in [0.1, 0.15) is 5.82 Å². The minimum atomic E-state index is -3.82. The Bertz CT molecular complexity index is 970. The van der Waals surface area contributed by atoms with E-state index in [1.165, 1.54) is 24.3 Å². The molecule has 0 aromatic heterocycles. The van der Waals surface area contributed by atoms with E-state index >= 15 is 0 Å². The highest BCUT2D eigenvalue weighted by atomic mass is 32.2. The monoisotopic (exact) mass is 374 g/mol. The maximum absolute atomic E-state index is 13.3. The Morgan fingerprint density at radius 2 is 1.96 bits per heavy atom. The lowest BCUT2D eigenvalue weighted by Crippen LogP contribution is -2.37. The summed E-state index contributed by atoms with van der Waals surface area (Å²) in [6.45, 7) is 0.589. The summed E-state index contributed by atoms with van der Waals surface area (Å²) in [5.41, 5.74) is 1.82. The quantitative estimate of drug-likeness (QED) is 0.893. The zero-order valence-electron chi connectivity index (χ0n) is 14.1. The van der Waals surface area contributed by atoms with Crippen LogP contribution < -0.4 is 9.62 Å². The van der Waals surface area contributed by atoms with Crippen LogP contribution in [0.5, 0.6) is 0 Å². The first kappa shape index (κ1) is 17.0. The van der Waals surface area contributed by atoms with E-state index in [0.717, 1.165) is 36.6 Å². The van der Waals surface area contributed by atoms with Crippen LogP contribution in [0.15, 0.2) is 47.4 Å². The van der Waals surface area contributed by atoms with Gasteiger partial charge in [0.2, 0.25) is 5.91 Å². The predicted octanol–water partition coefficient (Wildman–Crippen LogP) is 3.32. The number of nitrogens with zero attached hydrogens (tertiary/aromatic N) is 1. The van der Waals surface area contributed by atoms with Crippen LogP contribution >= 0.6 is 0 Å². The number of halogens is 1. The normalized spacial score (nSPS) is 16.9. The second-order valence-electron chi connectivity index (χ2n) is 6.77. The number of fused-ring (bicyclic) bond motifs is 1. The maximum Gasteiger partial charge on any atom is 0.261 e. The zero-order chi connectivity index (χ0) is 18.3. The van der Waals surface area contributed by atoms with E-state index in [1.807, 2.05) is 0 Å². The summed E-state index contributed by atoms with van der Waals surface area (Å²) >= 11 is 0. The number of nitrogens with one attached hydrogen (secondary N) is 1. The first-order valence-electron chi connectivity index (χ1n) is 8.67. The van der Waals surface area contributed by atoms with E-state index in [2.05, 4.69) is 4.72 Å². The average molecular weight is 374 g/mol. The molecule has 0 bridgehead atoms. The van der Waals surface area contributed by atoms with Gasteiger partial charge >= 0.3 is 0 Å². The van der Waals surface area contributed by atoms with Crippen LogP contribution in [0.25, 0.3) is 0 Å². The van der Waals surface area contributed by atoms with Crippen LogP contribution in [0.1, 0.15) is 24.8 Å². The molecule has 2 aromatic carbocycles. The number of hydrogen-bond acceptors (Lipinski definition) is 3. The van der Waals surface area contributed by atoms with Crippen molar-refractivity contribution in [3.8, 4) is 0 Å². The molecule has 1 saturated carbocycles. The van der Waals surface area contributed by atoms with E-state index in [4.69, 9.17) is 0 Å². The number of carbonyl (C=O) groups excluding carboxylic acids is 1. The van der Waals surface area contributed by atoms with Crippen LogP contribution in [-0.4, -0.2) is 20.9 Å². The average Bonchev–Trinajstić information content (AvgIpc) is 2.95. The minimum absolute atomic E-state index is 0.110. The highest BCUT2D eigenvalue weighted by Crippen LogP contribution is 2.35. The Labute approximate surface area is 151 Å². The van der Waals surface area contributed by atoms with Gasteiger partial charge in [-0.05, 0) is 61.2 Å². The fourth-order valence-electron chi connectivity index (χ4n) is 3.42. The molecule has 26 heavy (non-hydrogen) atoms. The molecule has 136 valence electrons. The van der Waals surface area contributed by atoms with Crippen molar-refractivity contribution < 1.29 is 17.6 Å². The molecule has 4 rings (SSSR count). The van der Waals surface area contributed by atoms with Crippen molar-refractivity contribution in [2.24, 2.45) is 5.92 Å². The molecule has 1 heterocycles. The SMILES string of the molecule is O=C(C1CCC1)N1CCc2cc(S(=O)(=O)Nc3cccc(F)c3)ccc21. The molecule has 1 amide bonds. The number of sulfonamides is 1. The Morgan fingerprint density at radius 1 is 1.15 bits per heavy atom. The largest absolute Gasteiger partial charge is 0.312 e. The number of amides is 1. The van der Waals surface area contributed by atoms with Crippen molar-refractivity contribution in [2.75, 3.05) is 16.2 Å². The van der Waals surface area contributed by atoms with Crippen molar-refractivity contribution in [3.05, 3.63) is 53.8 Å². The van der Waals surface area contributed by atoms with Gasteiger partial charge in [0.05, 0.1) is 10.6 Å². The topological polar surface area (TPSA) is 66.5 Å². The molecule has 2 aliphatic rings. The molecular weight excluding hydrogens is 355 g/mol. The zero-order valence-corrected chi connectivity index (χ0v) is 14.9. The van der Waals surface area contributed by atoms with Crippen LogP contribution in [0.2, 0.25) is 0 Å². The molecule has 1 N–H and O–H groups in total. The van der Waals surface area contributed by atoms with Crippen molar-refractivity contribution in [2.45, 2.75) is 30.6 Å². The van der Waals surface area contributed by atoms with Crippen LogP contribution in [0, 0.1) is 11.7 Å². The lowest BCUT2D eigenvalue weighted by Gasteiger charge is -2.29. The molecule has 7 heteroatoms. The molecule has 0 spiro atoms. The Kier molecular flexibility index (Phi) is 4.19. The molecule has 1 aliphatic carbocycles. The van der Waals surface area contributed by atoms with E-state index < -0.39 is 15.8 Å². The lowest BCUT2D eigenvalue weighted by molar-refractivity contribution is -0.124. The second-order valence-corrected chi connectivity index (χ2v) is 8.46. The Hall–Kier alpha value is -2.41. The summed E-state index contributed by atoms with van der Waals surface area (Å²) in [7, 11) is -3.82. The van der Waals surface area contributed by atoms with Crippen molar-refractivity contribution >= 4 is 27.3 Å². The van der Waals surface area contributed by atoms with Gasteiger partial charge in [-0.1, -0.05) is 12.5 Å². The van der Waals surface area contributed by atoms with Gasteiger partial charge in [-0.3, -0.25) is 9.52 Å². The maximum atomic E-state index is 13.3. The Morgan fingerprint density at radius 3 is 2.65 bits per heavy atom. The molecule has 0 atom stereocenters. The van der Waals surface area contributed by atoms with E-state index in [9.17, 15) is 17.6 Å². The van der Waals surface area contributed by atoms with Gasteiger partial charge in [0, 0.05) is 18.2 Å². The molecular formula is C19H19FN2O3S. The first-order chi connectivity index (χ1) is 12.4. The van der Waals surface area contributed by atoms with Gasteiger partial charge in [0.15, 0.2) is 0 Å². The van der Waals surface area contributed by atoms with E-state index in [-0.39, 0.29) is 22.4 Å². The van der Waals surface area contributed by atoms with Gasteiger partial charge in [-0.15, -0.1) is 0 Å². The molecule has 5 nitrogen and oxygen atoms in total. The third kappa shape index (κ3) is 3.07. The number of hydrogen-bond donors (Lipinski definition) is 1. The van der Waals surface area contributed by atoms with Crippen LogP contribution in [0.4, 0.5) is 15.8 Å². The molecule has 2 aromatic rings. The standard InChI is InChI=1S/C19H19FN2O3S/c20-15-5-2-6-16(12-15)21-26(24,25)17-7-8-18-14(11-17)9-10-22(18)19(23)13-3-1-4-13/h2,5-8,11-13,21H,1,3-4,9-10H2. The van der Waals surface area contributed by atoms with Gasteiger partial charge in [0.25, 0.3) is 10.0 Å². The van der Waals surface area contributed by atoms with Crippen molar-refractivity contribution in [3.63, 3.8) is 0 Å². The van der Waals surface area contributed by atoms with Crippen molar-refractivity contribution in [1.82, 2.24) is 0 Å². The van der Waals surface area contributed by atoms with Gasteiger partial charge in [-0.2, -0.15) is 0 Å². The third-order valence-electron chi connectivity index (χ3n) is 5.05. The molecule has 0 saturated heterocycles. The number of rotatable bonds is 4. The number of carbonyl (C=O) groups is 1. The second kappa shape index (κ2) is 6.39. The highest BCUT2D eigenvalue weighted by Gasteiger charge is 2.33. The number of anilines is 2. The smallest absolute Gasteiger partial charge is 0.261 e. The van der Waals surface area contributed by atoms with Gasteiger partial charge < -0.3 is 4.90 Å². The third-order valence-corrected chi connectivity index (χ3v) is 6.43. The van der Waals surface area contributed by atoms with Crippen LogP contribution in [-0.2, 0) is 21.2 Å². The summed E-state index contributed by atoms with van der Waals surface area (Å²) in [5.74, 6) is -0.258. The summed E-state index contributed by atoms with van der Waals surface area (Å²) < 4.78 is 40.8. The predicted molar refractivity (Wildman–Crippen MR) is 97.0 cm³/mol. The molecule has 0 radical (unpaired) electrons. The van der Waals surface area contributed by atoms with E-state index in [1.54, 1.807) is 17.0 Å². The van der Waals surface area contributed by atoms with Crippen molar-refractivity contribution in [1.29, 1.82) is 0 Å². The molecule has 1 fully saturated rings. The lowest BCUT2D eigenvalue weighted by atomic mass is 9.84. The fraction of sp³-hybridized carbons (Fsp3) is 0.316. The highest BCUT2D eigenvalue weighted by molar-refractivity contribution is 7.92. The molecule has 0 unspecified atom stereocenters. The summed E-state index contributed by atoms with van der Waals surface area (Å²) in [6.07, 6.45) is 3.61. The first-order valence-corrected chi connectivity index (χ1v) is 10.1. The van der Waals surface area contributed by atoms with Gasteiger partial charge in [-0.25, -0.2) is 12.8 Å². The minimum Gasteiger partial charge on any atom is -0.312 e. The summed E-state index contributed by atoms with van der Waals surface area (Å²) in [6, 6.07) is 10.1. The van der Waals surface area contributed by atoms with E-state index in [0.29, 0.717) is 13.0 Å². The summed E-state index contributed by atoms with van der Waals surface area (Å²) in [5, 5.41) is 0. The number of benzene rings is 2. The molecule has 1 aliphatic heterocycles. The Balaban J connectivity index is 1.58. The van der Waals surface area contributed by atoms with Crippen LogP contribution in [0.3, 0.4) is 0 Å².